The Labute approximate surface area is 116 Å². The smallest absolute Gasteiger partial charge is 0.323 e. The molecule has 1 aromatic rings. The molecule has 1 N–H and O–H groups in total. The number of para-hydroxylation sites is 1. The van der Waals surface area contributed by atoms with Gasteiger partial charge >= 0.3 is 5.97 Å². The summed E-state index contributed by atoms with van der Waals surface area (Å²) in [6.45, 7) is 3.53. The summed E-state index contributed by atoms with van der Waals surface area (Å²) in [4.78, 5) is 25.5. The van der Waals surface area contributed by atoms with Gasteiger partial charge < -0.3 is 10.1 Å². The van der Waals surface area contributed by atoms with Gasteiger partial charge in [0.1, 0.15) is 18.5 Å². The van der Waals surface area contributed by atoms with E-state index < -0.39 is 23.7 Å². The van der Waals surface area contributed by atoms with Gasteiger partial charge in [-0.2, -0.15) is 0 Å². The average molecular weight is 280 g/mol. The van der Waals surface area contributed by atoms with Crippen LogP contribution in [0.2, 0.25) is 0 Å². The molecule has 1 aromatic carbocycles. The molecule has 1 heterocycles. The molecule has 5 nitrogen and oxygen atoms in total. The van der Waals surface area contributed by atoms with Crippen LogP contribution in [0.25, 0.3) is 0 Å². The Morgan fingerprint density at radius 1 is 1.50 bits per heavy atom. The number of halogens is 1. The molecule has 0 spiro atoms. The lowest BCUT2D eigenvalue weighted by molar-refractivity contribution is -0.158. The fraction of sp³-hybridized carbons (Fsp3) is 0.429. The molecule has 0 aliphatic carbocycles. The molecule has 20 heavy (non-hydrogen) atoms. The summed E-state index contributed by atoms with van der Waals surface area (Å²) >= 11 is 0. The predicted molar refractivity (Wildman–Crippen MR) is 71.6 cm³/mol. The predicted octanol–water partition coefficient (Wildman–Crippen LogP) is 1.40. The Bertz CT molecular complexity index is 507. The number of morpholine rings is 1. The number of benzene rings is 1. The molecule has 6 heteroatoms. The summed E-state index contributed by atoms with van der Waals surface area (Å²) in [7, 11) is 0. The maximum absolute atomic E-state index is 13.4. The second kappa shape index (κ2) is 6.47. The summed E-state index contributed by atoms with van der Waals surface area (Å²) in [5.41, 5.74) is 0.115. The molecule has 1 aliphatic rings. The Kier molecular flexibility index (Phi) is 4.68. The zero-order valence-corrected chi connectivity index (χ0v) is 11.3. The fourth-order valence-electron chi connectivity index (χ4n) is 2.19. The summed E-state index contributed by atoms with van der Waals surface area (Å²) in [5.74, 6) is -1.31. The molecule has 1 amide bonds. The van der Waals surface area contributed by atoms with Crippen LogP contribution < -0.4 is 5.32 Å². The molecular weight excluding hydrogens is 263 g/mol. The molecule has 1 saturated heterocycles. The molecule has 0 radical (unpaired) electrons. The quantitative estimate of drug-likeness (QED) is 0.847. The van der Waals surface area contributed by atoms with Gasteiger partial charge in [-0.15, -0.1) is 0 Å². The normalized spacial score (nSPS) is 19.5. The number of hydrogen-bond donors (Lipinski definition) is 1. The number of hydrogen-bond acceptors (Lipinski definition) is 4. The summed E-state index contributed by atoms with van der Waals surface area (Å²) < 4.78 is 18.4. The second-order valence-electron chi connectivity index (χ2n) is 4.54. The molecular formula is C14H17FN2O3. The highest BCUT2D eigenvalue weighted by Crippen LogP contribution is 2.16. The zero-order chi connectivity index (χ0) is 14.5. The monoisotopic (exact) mass is 280 g/mol. The van der Waals surface area contributed by atoms with Gasteiger partial charge in [0.15, 0.2) is 0 Å². The minimum Gasteiger partial charge on any atom is -0.463 e. The van der Waals surface area contributed by atoms with E-state index in [0.29, 0.717) is 19.7 Å². The first-order valence-corrected chi connectivity index (χ1v) is 6.57. The number of carbonyl (C=O) groups is 2. The number of nitrogens with zero attached hydrogens (tertiary/aromatic N) is 1. The summed E-state index contributed by atoms with van der Waals surface area (Å²) in [6.07, 6.45) is -0.0407. The minimum absolute atomic E-state index is 0.0407. The second-order valence-corrected chi connectivity index (χ2v) is 4.54. The summed E-state index contributed by atoms with van der Waals surface area (Å²) in [5, 5.41) is 2.47. The number of ether oxygens (including phenoxy) is 1. The van der Waals surface area contributed by atoms with E-state index in [4.69, 9.17) is 4.74 Å². The van der Waals surface area contributed by atoms with Crippen LogP contribution >= 0.6 is 0 Å². The van der Waals surface area contributed by atoms with Crippen molar-refractivity contribution in [2.75, 3.05) is 25.0 Å². The SMILES string of the molecule is CCN1CCOC(=O)[C@@H]1CC(=O)Nc1ccccc1F. The van der Waals surface area contributed by atoms with Crippen molar-refractivity contribution < 1.29 is 18.7 Å². The van der Waals surface area contributed by atoms with Crippen LogP contribution in [0.4, 0.5) is 10.1 Å². The Hall–Kier alpha value is -1.95. The summed E-state index contributed by atoms with van der Waals surface area (Å²) in [6, 6.07) is 5.32. The standard InChI is InChI=1S/C14H17FN2O3/c1-2-17-7-8-20-14(19)12(17)9-13(18)16-11-6-4-3-5-10(11)15/h3-6,12H,2,7-9H2,1H3,(H,16,18)/t12-/m0/s1. The average Bonchev–Trinajstić information content (AvgIpc) is 2.43. The Morgan fingerprint density at radius 2 is 2.25 bits per heavy atom. The third kappa shape index (κ3) is 3.33. The number of anilines is 1. The zero-order valence-electron chi connectivity index (χ0n) is 11.3. The van der Waals surface area contributed by atoms with E-state index in [1.165, 1.54) is 12.1 Å². The van der Waals surface area contributed by atoms with Crippen LogP contribution in [-0.4, -0.2) is 42.5 Å². The van der Waals surface area contributed by atoms with Crippen molar-refractivity contribution in [3.63, 3.8) is 0 Å². The topological polar surface area (TPSA) is 58.6 Å². The van der Waals surface area contributed by atoms with Crippen LogP contribution in [0, 0.1) is 5.82 Å². The molecule has 0 aromatic heterocycles. The lowest BCUT2D eigenvalue weighted by Crippen LogP contribution is -2.50. The van der Waals surface area contributed by atoms with E-state index in [2.05, 4.69) is 5.32 Å². The number of rotatable bonds is 4. The van der Waals surface area contributed by atoms with Crippen LogP contribution in [0.15, 0.2) is 24.3 Å². The van der Waals surface area contributed by atoms with Crippen LogP contribution in [0.1, 0.15) is 13.3 Å². The number of likely N-dealkylation sites (N-methyl/N-ethyl adjacent to an activating group) is 1. The highest BCUT2D eigenvalue weighted by atomic mass is 19.1. The maximum atomic E-state index is 13.4. The highest BCUT2D eigenvalue weighted by molar-refractivity contribution is 5.94. The van der Waals surface area contributed by atoms with Crippen molar-refractivity contribution in [3.8, 4) is 0 Å². The van der Waals surface area contributed by atoms with Gasteiger partial charge in [-0.1, -0.05) is 19.1 Å². The fourth-order valence-corrected chi connectivity index (χ4v) is 2.19. The molecule has 2 rings (SSSR count). The number of amides is 1. The van der Waals surface area contributed by atoms with Crippen molar-refractivity contribution in [2.45, 2.75) is 19.4 Å². The first kappa shape index (κ1) is 14.5. The molecule has 0 bridgehead atoms. The third-order valence-electron chi connectivity index (χ3n) is 3.27. The van der Waals surface area contributed by atoms with E-state index in [1.54, 1.807) is 12.1 Å². The van der Waals surface area contributed by atoms with Gasteiger partial charge in [-0.3, -0.25) is 14.5 Å². The van der Waals surface area contributed by atoms with Crippen molar-refractivity contribution >= 4 is 17.6 Å². The number of carbonyl (C=O) groups excluding carboxylic acids is 2. The number of nitrogens with one attached hydrogen (secondary N) is 1. The molecule has 1 fully saturated rings. The molecule has 0 unspecified atom stereocenters. The van der Waals surface area contributed by atoms with Crippen molar-refractivity contribution in [1.29, 1.82) is 0 Å². The third-order valence-corrected chi connectivity index (χ3v) is 3.27. The van der Waals surface area contributed by atoms with Crippen LogP contribution in [0.5, 0.6) is 0 Å². The van der Waals surface area contributed by atoms with Gasteiger partial charge in [-0.25, -0.2) is 4.39 Å². The van der Waals surface area contributed by atoms with Crippen LogP contribution in [0.3, 0.4) is 0 Å². The lowest BCUT2D eigenvalue weighted by atomic mass is 10.1. The molecule has 108 valence electrons. The first-order chi connectivity index (χ1) is 9.61. The number of esters is 1. The van der Waals surface area contributed by atoms with Gasteiger partial charge in [0, 0.05) is 6.54 Å². The van der Waals surface area contributed by atoms with E-state index in [-0.39, 0.29) is 12.1 Å². The molecule has 0 saturated carbocycles. The lowest BCUT2D eigenvalue weighted by Gasteiger charge is -2.32. The van der Waals surface area contributed by atoms with Gasteiger partial charge in [0.25, 0.3) is 0 Å². The largest absolute Gasteiger partial charge is 0.463 e. The highest BCUT2D eigenvalue weighted by Gasteiger charge is 2.32. The van der Waals surface area contributed by atoms with Crippen molar-refractivity contribution in [1.82, 2.24) is 4.90 Å². The molecule has 1 atom stereocenters. The maximum Gasteiger partial charge on any atom is 0.323 e. The minimum atomic E-state index is -0.597. The van der Waals surface area contributed by atoms with E-state index in [0.717, 1.165) is 0 Å². The van der Waals surface area contributed by atoms with Crippen molar-refractivity contribution in [2.24, 2.45) is 0 Å². The van der Waals surface area contributed by atoms with Gasteiger partial charge in [0.05, 0.1) is 12.1 Å². The van der Waals surface area contributed by atoms with E-state index in [9.17, 15) is 14.0 Å². The Morgan fingerprint density at radius 3 is 2.95 bits per heavy atom. The molecule has 1 aliphatic heterocycles. The van der Waals surface area contributed by atoms with E-state index in [1.807, 2.05) is 11.8 Å². The first-order valence-electron chi connectivity index (χ1n) is 6.57. The van der Waals surface area contributed by atoms with Gasteiger partial charge in [-0.05, 0) is 18.7 Å². The van der Waals surface area contributed by atoms with Crippen molar-refractivity contribution in [3.05, 3.63) is 30.1 Å². The van der Waals surface area contributed by atoms with Gasteiger partial charge in [0.2, 0.25) is 5.91 Å². The number of cyclic esters (lactones) is 1. The van der Waals surface area contributed by atoms with E-state index >= 15 is 0 Å². The Balaban J connectivity index is 2.00. The van der Waals surface area contributed by atoms with Crippen LogP contribution in [-0.2, 0) is 14.3 Å².